The average Bonchev–Trinajstić information content (AvgIpc) is 3.16. The van der Waals surface area contributed by atoms with E-state index in [0.29, 0.717) is 0 Å². The number of carbonyl (C=O) groups is 3. The van der Waals surface area contributed by atoms with Gasteiger partial charge in [-0.3, -0.25) is 9.69 Å². The summed E-state index contributed by atoms with van der Waals surface area (Å²) < 4.78 is 37.8. The van der Waals surface area contributed by atoms with Crippen molar-refractivity contribution in [2.45, 2.75) is 25.9 Å². The number of carbonyl (C=O) groups excluding carboxylic acids is 3. The number of urea groups is 1. The lowest BCUT2D eigenvalue weighted by atomic mass is 9.91. The van der Waals surface area contributed by atoms with E-state index in [0.717, 1.165) is 23.1 Å². The number of imide groups is 1. The zero-order chi connectivity index (χ0) is 19.8. The van der Waals surface area contributed by atoms with Crippen molar-refractivity contribution in [1.29, 1.82) is 0 Å². The Bertz CT molecular complexity index is 926. The normalized spacial score (nSPS) is 19.3. The maximum atomic E-state index is 14.2. The second kappa shape index (κ2) is 6.82. The molecular formula is C18H16F2N2O5. The highest BCUT2D eigenvalue weighted by molar-refractivity contribution is 6.07. The standard InChI is InChI=1S/C18H16F2N2O5/c1-3-26-15(23)11-6-7-27-14(11)9-22-16(24)18(2,21-17(22)25)12-8-10(19)4-5-13(12)20/h4-8H,3,9H2,1-2H3,(H,21,25). The molecule has 0 saturated carbocycles. The van der Waals surface area contributed by atoms with E-state index < -0.39 is 35.1 Å². The molecule has 1 aliphatic heterocycles. The highest BCUT2D eigenvalue weighted by Gasteiger charge is 2.50. The molecule has 0 spiro atoms. The molecule has 27 heavy (non-hydrogen) atoms. The van der Waals surface area contributed by atoms with Crippen molar-refractivity contribution in [3.63, 3.8) is 0 Å². The Kier molecular flexibility index (Phi) is 4.69. The molecule has 142 valence electrons. The molecule has 0 bridgehead atoms. The third kappa shape index (κ3) is 3.16. The summed E-state index contributed by atoms with van der Waals surface area (Å²) in [6.45, 7) is 2.69. The van der Waals surface area contributed by atoms with Crippen LogP contribution in [0.3, 0.4) is 0 Å². The minimum Gasteiger partial charge on any atom is -0.467 e. The number of furan rings is 1. The third-order valence-corrected chi connectivity index (χ3v) is 4.28. The van der Waals surface area contributed by atoms with Crippen molar-refractivity contribution in [1.82, 2.24) is 10.2 Å². The predicted molar refractivity (Wildman–Crippen MR) is 87.5 cm³/mol. The first-order valence-electron chi connectivity index (χ1n) is 8.11. The van der Waals surface area contributed by atoms with E-state index in [-0.39, 0.29) is 30.0 Å². The highest BCUT2D eigenvalue weighted by atomic mass is 19.1. The summed E-state index contributed by atoms with van der Waals surface area (Å²) in [6, 6.07) is 3.18. The van der Waals surface area contributed by atoms with Crippen LogP contribution in [0.15, 0.2) is 34.9 Å². The molecule has 1 unspecified atom stereocenters. The zero-order valence-corrected chi connectivity index (χ0v) is 14.5. The second-order valence-electron chi connectivity index (χ2n) is 6.05. The number of amides is 3. The van der Waals surface area contributed by atoms with E-state index in [1.54, 1.807) is 6.92 Å². The van der Waals surface area contributed by atoms with Crippen LogP contribution in [0.1, 0.15) is 35.5 Å². The molecule has 2 heterocycles. The van der Waals surface area contributed by atoms with Crippen molar-refractivity contribution in [3.8, 4) is 0 Å². The average molecular weight is 378 g/mol. The van der Waals surface area contributed by atoms with Gasteiger partial charge in [-0.25, -0.2) is 18.4 Å². The number of rotatable bonds is 5. The van der Waals surface area contributed by atoms with Crippen LogP contribution in [-0.2, 0) is 21.6 Å². The molecule has 1 fully saturated rings. The van der Waals surface area contributed by atoms with Crippen molar-refractivity contribution < 1.29 is 32.3 Å². The molecule has 3 amide bonds. The van der Waals surface area contributed by atoms with Crippen LogP contribution in [-0.4, -0.2) is 29.4 Å². The number of ether oxygens (including phenoxy) is 1. The summed E-state index contributed by atoms with van der Waals surface area (Å²) >= 11 is 0. The van der Waals surface area contributed by atoms with E-state index in [4.69, 9.17) is 9.15 Å². The summed E-state index contributed by atoms with van der Waals surface area (Å²) in [5.41, 5.74) is -2.02. The van der Waals surface area contributed by atoms with Crippen LogP contribution in [0.25, 0.3) is 0 Å². The van der Waals surface area contributed by atoms with E-state index in [2.05, 4.69) is 5.32 Å². The number of hydrogen-bond acceptors (Lipinski definition) is 5. The quantitative estimate of drug-likeness (QED) is 0.638. The highest BCUT2D eigenvalue weighted by Crippen LogP contribution is 2.32. The number of nitrogens with zero attached hydrogens (tertiary/aromatic N) is 1. The van der Waals surface area contributed by atoms with Crippen molar-refractivity contribution in [2.75, 3.05) is 6.61 Å². The van der Waals surface area contributed by atoms with Gasteiger partial charge in [0.15, 0.2) is 0 Å². The molecule has 3 rings (SSSR count). The molecule has 0 aliphatic carbocycles. The van der Waals surface area contributed by atoms with Gasteiger partial charge >= 0.3 is 12.0 Å². The maximum Gasteiger partial charge on any atom is 0.341 e. The summed E-state index contributed by atoms with van der Waals surface area (Å²) in [7, 11) is 0. The zero-order valence-electron chi connectivity index (χ0n) is 14.5. The SMILES string of the molecule is CCOC(=O)c1ccoc1CN1C(=O)NC(C)(c2cc(F)ccc2F)C1=O. The molecule has 1 saturated heterocycles. The van der Waals surface area contributed by atoms with E-state index >= 15 is 0 Å². The summed E-state index contributed by atoms with van der Waals surface area (Å²) in [5, 5.41) is 2.37. The summed E-state index contributed by atoms with van der Waals surface area (Å²) in [5.74, 6) is -3.00. The Morgan fingerprint density at radius 3 is 2.74 bits per heavy atom. The van der Waals surface area contributed by atoms with Gasteiger partial charge in [-0.2, -0.15) is 0 Å². The lowest BCUT2D eigenvalue weighted by Gasteiger charge is -2.22. The molecule has 1 aliphatic rings. The number of nitrogens with one attached hydrogen (secondary N) is 1. The fraction of sp³-hybridized carbons (Fsp3) is 0.278. The topological polar surface area (TPSA) is 88.8 Å². The number of hydrogen-bond donors (Lipinski definition) is 1. The van der Waals surface area contributed by atoms with Gasteiger partial charge in [0.2, 0.25) is 0 Å². The Labute approximate surface area is 152 Å². The van der Waals surface area contributed by atoms with Crippen molar-refractivity contribution in [3.05, 3.63) is 59.1 Å². The smallest absolute Gasteiger partial charge is 0.341 e. The fourth-order valence-corrected chi connectivity index (χ4v) is 2.90. The first kappa shape index (κ1) is 18.6. The first-order chi connectivity index (χ1) is 12.8. The van der Waals surface area contributed by atoms with E-state index in [1.807, 2.05) is 0 Å². The number of esters is 1. The predicted octanol–water partition coefficient (Wildman–Crippen LogP) is 2.70. The Morgan fingerprint density at radius 2 is 2.04 bits per heavy atom. The first-order valence-corrected chi connectivity index (χ1v) is 8.11. The van der Waals surface area contributed by atoms with E-state index in [1.165, 1.54) is 19.3 Å². The lowest BCUT2D eigenvalue weighted by molar-refractivity contribution is -0.131. The molecule has 1 atom stereocenters. The van der Waals surface area contributed by atoms with Gasteiger partial charge in [-0.1, -0.05) is 0 Å². The molecule has 0 radical (unpaired) electrons. The van der Waals surface area contributed by atoms with Gasteiger partial charge < -0.3 is 14.5 Å². The monoisotopic (exact) mass is 378 g/mol. The molecule has 1 aromatic carbocycles. The van der Waals surface area contributed by atoms with Gasteiger partial charge in [0.25, 0.3) is 5.91 Å². The van der Waals surface area contributed by atoms with Crippen LogP contribution in [0.5, 0.6) is 0 Å². The molecular weight excluding hydrogens is 362 g/mol. The maximum absolute atomic E-state index is 14.2. The van der Waals surface area contributed by atoms with Gasteiger partial charge in [-0.15, -0.1) is 0 Å². The van der Waals surface area contributed by atoms with Crippen LogP contribution < -0.4 is 5.32 Å². The Morgan fingerprint density at radius 1 is 1.30 bits per heavy atom. The van der Waals surface area contributed by atoms with Crippen LogP contribution in [0.4, 0.5) is 13.6 Å². The van der Waals surface area contributed by atoms with Crippen LogP contribution in [0, 0.1) is 11.6 Å². The van der Waals surface area contributed by atoms with Crippen LogP contribution in [0.2, 0.25) is 0 Å². The molecule has 7 nitrogen and oxygen atoms in total. The Hall–Kier alpha value is -3.23. The van der Waals surface area contributed by atoms with Gasteiger partial charge in [-0.05, 0) is 38.1 Å². The molecule has 1 aromatic heterocycles. The second-order valence-corrected chi connectivity index (χ2v) is 6.05. The minimum atomic E-state index is -1.79. The van der Waals surface area contributed by atoms with Crippen molar-refractivity contribution in [2.24, 2.45) is 0 Å². The molecule has 2 aromatic rings. The van der Waals surface area contributed by atoms with Crippen molar-refractivity contribution >= 4 is 17.9 Å². The lowest BCUT2D eigenvalue weighted by Crippen LogP contribution is -2.41. The van der Waals surface area contributed by atoms with Gasteiger partial charge in [0.1, 0.15) is 28.5 Å². The number of halogens is 2. The summed E-state index contributed by atoms with van der Waals surface area (Å²) in [4.78, 5) is 37.8. The summed E-state index contributed by atoms with van der Waals surface area (Å²) in [6.07, 6.45) is 1.23. The minimum absolute atomic E-state index is 0.0425. The third-order valence-electron chi connectivity index (χ3n) is 4.28. The van der Waals surface area contributed by atoms with Crippen LogP contribution >= 0.6 is 0 Å². The fourth-order valence-electron chi connectivity index (χ4n) is 2.90. The Balaban J connectivity index is 1.91. The number of benzene rings is 1. The van der Waals surface area contributed by atoms with E-state index in [9.17, 15) is 23.2 Å². The molecule has 9 heteroatoms. The molecule has 1 N–H and O–H groups in total. The van der Waals surface area contributed by atoms with Gasteiger partial charge in [0, 0.05) is 5.56 Å². The largest absolute Gasteiger partial charge is 0.467 e. The van der Waals surface area contributed by atoms with Gasteiger partial charge in [0.05, 0.1) is 19.4 Å².